The first-order valence-corrected chi connectivity index (χ1v) is 6.39. The van der Waals surface area contributed by atoms with Crippen molar-refractivity contribution in [1.29, 1.82) is 0 Å². The smallest absolute Gasteiger partial charge is 0.262 e. The molecule has 0 spiro atoms. The van der Waals surface area contributed by atoms with Gasteiger partial charge in [-0.2, -0.15) is 0 Å². The van der Waals surface area contributed by atoms with Crippen LogP contribution >= 0.6 is 0 Å². The largest absolute Gasteiger partial charge is 0.489 e. The maximum absolute atomic E-state index is 11.4. The van der Waals surface area contributed by atoms with E-state index in [-0.39, 0.29) is 4.90 Å². The fraction of sp³-hybridized carbons (Fsp3) is 0.200. The number of ether oxygens (including phenoxy) is 1. The quantitative estimate of drug-likeness (QED) is 0.778. The zero-order valence-electron chi connectivity index (χ0n) is 8.96. The highest BCUT2D eigenvalue weighted by molar-refractivity contribution is 7.89. The Balaban J connectivity index is 2.48. The number of anilines is 1. The molecule has 7 heteroatoms. The lowest BCUT2D eigenvalue weighted by atomic mass is 10.2. The van der Waals surface area contributed by atoms with Crippen LogP contribution in [-0.4, -0.2) is 26.8 Å². The summed E-state index contributed by atoms with van der Waals surface area (Å²) in [4.78, 5) is 3.08. The Morgan fingerprint density at radius 3 is 2.94 bits per heavy atom. The van der Waals surface area contributed by atoms with E-state index in [1.54, 1.807) is 12.3 Å². The van der Waals surface area contributed by atoms with Crippen molar-refractivity contribution in [3.8, 4) is 5.75 Å². The summed E-state index contributed by atoms with van der Waals surface area (Å²) in [5.74, 6) is 0.451. The predicted octanol–water partition coefficient (Wildman–Crippen LogP) is 0.696. The van der Waals surface area contributed by atoms with Gasteiger partial charge in [-0.25, -0.2) is 8.42 Å². The van der Waals surface area contributed by atoms with Crippen LogP contribution in [0.5, 0.6) is 5.75 Å². The fourth-order valence-electron chi connectivity index (χ4n) is 1.63. The van der Waals surface area contributed by atoms with Crippen LogP contribution in [0.1, 0.15) is 0 Å². The van der Waals surface area contributed by atoms with Crippen molar-refractivity contribution in [2.24, 2.45) is 0 Å². The molecule has 0 bridgehead atoms. The van der Waals surface area contributed by atoms with Gasteiger partial charge in [0.05, 0.1) is 17.1 Å². The number of nitrogens with one attached hydrogen (secondary N) is 1. The minimum Gasteiger partial charge on any atom is -0.489 e. The molecular weight excluding hydrogens is 244 g/mol. The molecule has 0 saturated heterocycles. The number of fused-ring (bicyclic) bond motifs is 1. The van der Waals surface area contributed by atoms with E-state index in [9.17, 15) is 8.42 Å². The second kappa shape index (κ2) is 4.36. The summed E-state index contributed by atoms with van der Waals surface area (Å²) < 4.78 is 28.1. The van der Waals surface area contributed by atoms with Crippen LogP contribution in [0.15, 0.2) is 35.9 Å². The lowest BCUT2D eigenvalue weighted by Crippen LogP contribution is -2.28. The van der Waals surface area contributed by atoms with Crippen molar-refractivity contribution in [1.82, 2.24) is 4.89 Å². The molecule has 92 valence electrons. The second-order valence-corrected chi connectivity index (χ2v) is 5.11. The zero-order chi connectivity index (χ0) is 12.5. The summed E-state index contributed by atoms with van der Waals surface area (Å²) in [6, 6.07) is 4.37. The average Bonchev–Trinajstić information content (AvgIpc) is 2.37. The highest BCUT2D eigenvalue weighted by Crippen LogP contribution is 2.33. The third kappa shape index (κ3) is 2.12. The molecule has 1 aromatic carbocycles. The summed E-state index contributed by atoms with van der Waals surface area (Å²) >= 11 is 0. The third-order valence-electron chi connectivity index (χ3n) is 2.48. The van der Waals surface area contributed by atoms with E-state index in [0.717, 1.165) is 5.69 Å². The Morgan fingerprint density at radius 1 is 1.53 bits per heavy atom. The van der Waals surface area contributed by atoms with Crippen LogP contribution in [0.25, 0.3) is 0 Å². The molecule has 0 radical (unpaired) electrons. The van der Waals surface area contributed by atoms with Crippen molar-refractivity contribution in [3.05, 3.63) is 31.0 Å². The Hall–Kier alpha value is -1.57. The lowest BCUT2D eigenvalue weighted by molar-refractivity contribution is 0.242. The van der Waals surface area contributed by atoms with Gasteiger partial charge in [0.25, 0.3) is 10.0 Å². The van der Waals surface area contributed by atoms with Crippen LogP contribution in [0.3, 0.4) is 0 Å². The van der Waals surface area contributed by atoms with E-state index >= 15 is 0 Å². The van der Waals surface area contributed by atoms with Crippen molar-refractivity contribution in [2.75, 3.05) is 18.1 Å². The summed E-state index contributed by atoms with van der Waals surface area (Å²) in [5, 5.41) is 8.54. The predicted molar refractivity (Wildman–Crippen MR) is 61.6 cm³/mol. The minimum absolute atomic E-state index is 0.0512. The van der Waals surface area contributed by atoms with E-state index in [4.69, 9.17) is 9.94 Å². The molecule has 0 aliphatic carbocycles. The molecule has 2 N–H and O–H groups in total. The van der Waals surface area contributed by atoms with Gasteiger partial charge in [-0.1, -0.05) is 11.5 Å². The molecule has 0 atom stereocenters. The molecule has 0 fully saturated rings. The molecule has 2 rings (SSSR count). The summed E-state index contributed by atoms with van der Waals surface area (Å²) in [6.45, 7) is 4.79. The van der Waals surface area contributed by atoms with E-state index in [1.807, 2.05) is 4.90 Å². The first kappa shape index (κ1) is 11.9. The maximum Gasteiger partial charge on any atom is 0.262 e. The number of benzene rings is 1. The van der Waals surface area contributed by atoms with Gasteiger partial charge in [0.1, 0.15) is 12.4 Å². The Labute approximate surface area is 99.1 Å². The van der Waals surface area contributed by atoms with Gasteiger partial charge in [0.15, 0.2) is 0 Å². The third-order valence-corrected chi connectivity index (χ3v) is 3.60. The number of rotatable bonds is 3. The highest BCUT2D eigenvalue weighted by Gasteiger charge is 2.20. The van der Waals surface area contributed by atoms with E-state index in [0.29, 0.717) is 18.9 Å². The first-order valence-electron chi connectivity index (χ1n) is 4.90. The first-order chi connectivity index (χ1) is 8.08. The number of sulfonamides is 1. The molecule has 0 unspecified atom stereocenters. The van der Waals surface area contributed by atoms with E-state index < -0.39 is 10.0 Å². The standard InChI is InChI=1S/C10H12N2O4S/c1-2-12-5-6-16-10-7-8(3-4-9(10)12)17(14,15)11-13/h2-4,7,11,13H,1,5-6H2. The van der Waals surface area contributed by atoms with Crippen LogP contribution in [0.4, 0.5) is 5.69 Å². The zero-order valence-corrected chi connectivity index (χ0v) is 9.77. The monoisotopic (exact) mass is 256 g/mol. The average molecular weight is 256 g/mol. The van der Waals surface area contributed by atoms with E-state index in [2.05, 4.69) is 6.58 Å². The lowest BCUT2D eigenvalue weighted by Gasteiger charge is -2.28. The number of nitrogens with zero attached hydrogens (tertiary/aromatic N) is 1. The molecule has 6 nitrogen and oxygen atoms in total. The molecule has 0 aromatic heterocycles. The maximum atomic E-state index is 11.4. The van der Waals surface area contributed by atoms with Gasteiger partial charge in [-0.15, -0.1) is 0 Å². The Morgan fingerprint density at radius 2 is 2.29 bits per heavy atom. The van der Waals surface area contributed by atoms with Crippen LogP contribution in [-0.2, 0) is 10.0 Å². The van der Waals surface area contributed by atoms with Gasteiger partial charge >= 0.3 is 0 Å². The molecule has 1 aliphatic rings. The van der Waals surface area contributed by atoms with Gasteiger partial charge in [-0.05, 0) is 18.3 Å². The number of hydrogen-bond donors (Lipinski definition) is 2. The van der Waals surface area contributed by atoms with Crippen LogP contribution in [0.2, 0.25) is 0 Å². The summed E-state index contributed by atoms with van der Waals surface area (Å²) in [5.41, 5.74) is 0.753. The molecule has 1 aliphatic heterocycles. The Kier molecular flexibility index (Phi) is 3.05. The van der Waals surface area contributed by atoms with Crippen molar-refractivity contribution in [2.45, 2.75) is 4.90 Å². The fourth-order valence-corrected chi connectivity index (χ4v) is 2.25. The van der Waals surface area contributed by atoms with Crippen molar-refractivity contribution in [3.63, 3.8) is 0 Å². The number of hydrogen-bond acceptors (Lipinski definition) is 5. The van der Waals surface area contributed by atoms with Gasteiger partial charge in [0, 0.05) is 6.07 Å². The molecule has 17 heavy (non-hydrogen) atoms. The van der Waals surface area contributed by atoms with Crippen molar-refractivity contribution < 1.29 is 18.4 Å². The molecule has 1 aromatic rings. The van der Waals surface area contributed by atoms with E-state index in [1.165, 1.54) is 17.0 Å². The van der Waals surface area contributed by atoms with Gasteiger partial charge in [-0.3, -0.25) is 0 Å². The van der Waals surface area contributed by atoms with Crippen molar-refractivity contribution >= 4 is 15.7 Å². The Bertz CT molecular complexity index is 541. The molecule has 0 saturated carbocycles. The summed E-state index contributed by atoms with van der Waals surface area (Å²) in [7, 11) is -3.87. The minimum atomic E-state index is -3.87. The molecule has 1 heterocycles. The van der Waals surface area contributed by atoms with Crippen LogP contribution < -0.4 is 14.5 Å². The van der Waals surface area contributed by atoms with Crippen LogP contribution in [0, 0.1) is 0 Å². The highest BCUT2D eigenvalue weighted by atomic mass is 32.2. The SMILES string of the molecule is C=CN1CCOc2cc(S(=O)(=O)NO)ccc21. The summed E-state index contributed by atoms with van der Waals surface area (Å²) in [6.07, 6.45) is 1.65. The van der Waals surface area contributed by atoms with Gasteiger partial charge in [0.2, 0.25) is 0 Å². The topological polar surface area (TPSA) is 78.9 Å². The molecular formula is C10H12N2O4S. The molecule has 0 amide bonds. The normalized spacial score (nSPS) is 15.0. The second-order valence-electron chi connectivity index (χ2n) is 3.45. The van der Waals surface area contributed by atoms with Gasteiger partial charge < -0.3 is 14.8 Å².